The Morgan fingerprint density at radius 3 is 2.64 bits per heavy atom. The third kappa shape index (κ3) is 5.29. The molecule has 0 saturated carbocycles. The molecule has 0 radical (unpaired) electrons. The van der Waals surface area contributed by atoms with Crippen molar-refractivity contribution in [2.24, 2.45) is 0 Å². The van der Waals surface area contributed by atoms with Crippen LogP contribution in [-0.2, 0) is 16.6 Å². The molecule has 0 amide bonds. The zero-order valence-electron chi connectivity index (χ0n) is 16.1. The highest BCUT2D eigenvalue weighted by molar-refractivity contribution is 7.89. The monoisotopic (exact) mass is 418 g/mol. The van der Waals surface area contributed by atoms with E-state index in [1.807, 2.05) is 6.07 Å². The number of hydrogen-bond donors (Lipinski definition) is 2. The van der Waals surface area contributed by atoms with Gasteiger partial charge in [-0.2, -0.15) is 0 Å². The van der Waals surface area contributed by atoms with Crippen LogP contribution in [0, 0.1) is 0 Å². The number of hydrogen-bond acceptors (Lipinski definition) is 4. The largest absolute Gasteiger partial charge is 0.358 e. The Bertz CT molecular complexity index is 917. The van der Waals surface area contributed by atoms with Crippen molar-refractivity contribution in [2.75, 3.05) is 32.5 Å². The van der Waals surface area contributed by atoms with E-state index in [4.69, 9.17) is 12.2 Å². The molecule has 0 unspecified atom stereocenters. The fourth-order valence-corrected chi connectivity index (χ4v) is 4.47. The van der Waals surface area contributed by atoms with E-state index < -0.39 is 10.0 Å². The number of sulfonamides is 1. The summed E-state index contributed by atoms with van der Waals surface area (Å²) in [6.07, 6.45) is 1.02. The fourth-order valence-electron chi connectivity index (χ4n) is 3.23. The Kier molecular flexibility index (Phi) is 6.66. The summed E-state index contributed by atoms with van der Waals surface area (Å²) in [6, 6.07) is 17.4. The van der Waals surface area contributed by atoms with Crippen molar-refractivity contribution in [3.8, 4) is 0 Å². The van der Waals surface area contributed by atoms with Crippen molar-refractivity contribution >= 4 is 33.0 Å². The van der Waals surface area contributed by atoms with Gasteiger partial charge in [0.1, 0.15) is 0 Å². The summed E-state index contributed by atoms with van der Waals surface area (Å²) in [5.41, 5.74) is 1.96. The number of anilines is 1. The quantitative estimate of drug-likeness (QED) is 0.703. The molecule has 1 atom stereocenters. The van der Waals surface area contributed by atoms with Gasteiger partial charge in [0.25, 0.3) is 0 Å². The lowest BCUT2D eigenvalue weighted by molar-refractivity contribution is 0.324. The smallest absolute Gasteiger partial charge is 0.242 e. The maximum absolute atomic E-state index is 12.3. The van der Waals surface area contributed by atoms with Gasteiger partial charge in [-0.1, -0.05) is 36.4 Å². The Morgan fingerprint density at radius 2 is 1.93 bits per heavy atom. The molecule has 2 aromatic rings. The Morgan fingerprint density at radius 1 is 1.18 bits per heavy atom. The van der Waals surface area contributed by atoms with Crippen molar-refractivity contribution < 1.29 is 8.42 Å². The van der Waals surface area contributed by atoms with E-state index in [1.54, 1.807) is 24.3 Å². The van der Waals surface area contributed by atoms with Crippen LogP contribution < -0.4 is 10.6 Å². The lowest BCUT2D eigenvalue weighted by Gasteiger charge is -2.19. The third-order valence-electron chi connectivity index (χ3n) is 4.73. The van der Waals surface area contributed by atoms with Crippen LogP contribution in [0.1, 0.15) is 12.0 Å². The van der Waals surface area contributed by atoms with Gasteiger partial charge in [0.2, 0.25) is 10.0 Å². The van der Waals surface area contributed by atoms with Gasteiger partial charge in [0, 0.05) is 45.5 Å². The Hall–Kier alpha value is -2.00. The first-order valence-electron chi connectivity index (χ1n) is 9.21. The maximum Gasteiger partial charge on any atom is 0.242 e. The van der Waals surface area contributed by atoms with Gasteiger partial charge in [0.15, 0.2) is 5.11 Å². The molecule has 0 spiro atoms. The molecule has 0 aliphatic carbocycles. The van der Waals surface area contributed by atoms with Crippen LogP contribution in [0.15, 0.2) is 59.5 Å². The van der Waals surface area contributed by atoms with Gasteiger partial charge >= 0.3 is 0 Å². The van der Waals surface area contributed by atoms with Crippen molar-refractivity contribution in [1.29, 1.82) is 0 Å². The zero-order chi connectivity index (χ0) is 20.1. The van der Waals surface area contributed by atoms with Gasteiger partial charge in [-0.15, -0.1) is 0 Å². The summed E-state index contributed by atoms with van der Waals surface area (Å²) in [7, 11) is -0.438. The molecule has 1 aliphatic rings. The number of benzene rings is 2. The average molecular weight is 419 g/mol. The summed E-state index contributed by atoms with van der Waals surface area (Å²) in [4.78, 5) is 2.64. The molecule has 150 valence electrons. The number of rotatable bonds is 6. The van der Waals surface area contributed by atoms with Gasteiger partial charge in [-0.25, -0.2) is 12.7 Å². The first-order chi connectivity index (χ1) is 13.3. The highest BCUT2D eigenvalue weighted by Gasteiger charge is 2.23. The minimum atomic E-state index is -3.47. The highest BCUT2D eigenvalue weighted by Crippen LogP contribution is 2.18. The summed E-state index contributed by atoms with van der Waals surface area (Å²) < 4.78 is 25.8. The number of nitrogens with one attached hydrogen (secondary N) is 2. The minimum Gasteiger partial charge on any atom is -0.358 e. The summed E-state index contributed by atoms with van der Waals surface area (Å²) in [6.45, 7) is 2.88. The molecule has 1 saturated heterocycles. The van der Waals surface area contributed by atoms with Crippen LogP contribution in [0.3, 0.4) is 0 Å². The molecule has 8 heteroatoms. The van der Waals surface area contributed by atoms with Crippen molar-refractivity contribution in [1.82, 2.24) is 14.5 Å². The Balaban J connectivity index is 1.54. The zero-order valence-corrected chi connectivity index (χ0v) is 17.8. The molecule has 0 bridgehead atoms. The first kappa shape index (κ1) is 20.7. The molecule has 1 fully saturated rings. The molecule has 28 heavy (non-hydrogen) atoms. The fraction of sp³-hybridized carbons (Fsp3) is 0.350. The molecule has 0 aromatic heterocycles. The molecule has 3 rings (SSSR count). The summed E-state index contributed by atoms with van der Waals surface area (Å²) in [5, 5.41) is 6.95. The second-order valence-electron chi connectivity index (χ2n) is 7.12. The van der Waals surface area contributed by atoms with E-state index in [2.05, 4.69) is 39.8 Å². The van der Waals surface area contributed by atoms with Crippen molar-refractivity contribution in [2.45, 2.75) is 23.9 Å². The molecule has 2 N–H and O–H groups in total. The maximum atomic E-state index is 12.3. The molecule has 1 aliphatic heterocycles. The average Bonchev–Trinajstić information content (AvgIpc) is 3.09. The number of nitrogens with zero attached hydrogens (tertiary/aromatic N) is 2. The van der Waals surface area contributed by atoms with E-state index in [-0.39, 0.29) is 10.9 Å². The topological polar surface area (TPSA) is 64.7 Å². The molecular formula is C20H26N4O2S2. The van der Waals surface area contributed by atoms with E-state index >= 15 is 0 Å². The van der Waals surface area contributed by atoms with Crippen LogP contribution in [0.25, 0.3) is 0 Å². The van der Waals surface area contributed by atoms with Crippen LogP contribution in [-0.4, -0.2) is 56.0 Å². The highest BCUT2D eigenvalue weighted by atomic mass is 32.2. The Labute approximate surface area is 172 Å². The SMILES string of the molecule is CN(C)S(=O)(=O)c1cccc(NC(=S)N[C@H]2CCN(Cc3ccccc3)C2)c1. The number of likely N-dealkylation sites (tertiary alicyclic amines) is 1. The van der Waals surface area contributed by atoms with Crippen LogP contribution >= 0.6 is 12.2 Å². The first-order valence-corrected chi connectivity index (χ1v) is 11.1. The van der Waals surface area contributed by atoms with E-state index in [1.165, 1.54) is 24.0 Å². The van der Waals surface area contributed by atoms with E-state index in [0.29, 0.717) is 10.8 Å². The lowest BCUT2D eigenvalue weighted by atomic mass is 10.2. The lowest BCUT2D eigenvalue weighted by Crippen LogP contribution is -2.39. The summed E-state index contributed by atoms with van der Waals surface area (Å²) >= 11 is 5.43. The predicted molar refractivity (Wildman–Crippen MR) is 117 cm³/mol. The normalized spacial score (nSPS) is 17.6. The second-order valence-corrected chi connectivity index (χ2v) is 9.68. The minimum absolute atomic E-state index is 0.236. The van der Waals surface area contributed by atoms with Crippen LogP contribution in [0.5, 0.6) is 0 Å². The molecule has 1 heterocycles. The third-order valence-corrected chi connectivity index (χ3v) is 6.76. The van der Waals surface area contributed by atoms with E-state index in [0.717, 1.165) is 26.1 Å². The summed E-state index contributed by atoms with van der Waals surface area (Å²) in [5.74, 6) is 0. The predicted octanol–water partition coefficient (Wildman–Crippen LogP) is 2.50. The van der Waals surface area contributed by atoms with Gasteiger partial charge in [-0.05, 0) is 42.4 Å². The van der Waals surface area contributed by atoms with Gasteiger partial charge in [0.05, 0.1) is 4.90 Å². The van der Waals surface area contributed by atoms with Crippen LogP contribution in [0.2, 0.25) is 0 Å². The standard InChI is InChI=1S/C20H26N4O2S2/c1-23(2)28(25,26)19-10-6-9-17(13-19)21-20(27)22-18-11-12-24(15-18)14-16-7-4-3-5-8-16/h3-10,13,18H,11-12,14-15H2,1-2H3,(H2,21,22,27)/t18-/m0/s1. The van der Waals surface area contributed by atoms with Crippen LogP contribution in [0.4, 0.5) is 5.69 Å². The molecular weight excluding hydrogens is 392 g/mol. The van der Waals surface area contributed by atoms with E-state index in [9.17, 15) is 8.42 Å². The molecule has 6 nitrogen and oxygen atoms in total. The van der Waals surface area contributed by atoms with Gasteiger partial charge < -0.3 is 10.6 Å². The van der Waals surface area contributed by atoms with Gasteiger partial charge in [-0.3, -0.25) is 4.90 Å². The van der Waals surface area contributed by atoms with Crippen molar-refractivity contribution in [3.63, 3.8) is 0 Å². The van der Waals surface area contributed by atoms with Crippen molar-refractivity contribution in [3.05, 3.63) is 60.2 Å². The molecule has 2 aromatic carbocycles. The second kappa shape index (κ2) is 9.00. The number of thiocarbonyl (C=S) groups is 1.